The zero-order valence-electron chi connectivity index (χ0n) is 11.8. The smallest absolute Gasteiger partial charge is 0.230 e. The van der Waals surface area contributed by atoms with Crippen molar-refractivity contribution < 1.29 is 4.79 Å². The molecule has 2 N–H and O–H groups in total. The fraction of sp³-hybridized carbons (Fsp3) is 0.429. The first-order valence-corrected chi connectivity index (χ1v) is 7.95. The molecule has 0 aliphatic rings. The number of rotatable bonds is 6. The first kappa shape index (κ1) is 16.9. The molecule has 0 unspecified atom stereocenters. The number of thioether (sulfide) groups is 1. The summed E-state index contributed by atoms with van der Waals surface area (Å²) in [6.07, 6.45) is 0. The van der Waals surface area contributed by atoms with Crippen LogP contribution >= 0.6 is 23.4 Å². The minimum Gasteiger partial charge on any atom is -0.365 e. The molecular formula is C14H20ClN3OS. The van der Waals surface area contributed by atoms with Gasteiger partial charge in [0, 0.05) is 24.7 Å². The Morgan fingerprint density at radius 2 is 2.05 bits per heavy atom. The third-order valence-electron chi connectivity index (χ3n) is 2.40. The first-order chi connectivity index (χ1) is 9.67. The van der Waals surface area contributed by atoms with Crippen LogP contribution in [0.2, 0.25) is 5.02 Å². The molecule has 1 aromatic carbocycles. The van der Waals surface area contributed by atoms with Crippen molar-refractivity contribution in [1.82, 2.24) is 10.6 Å². The van der Waals surface area contributed by atoms with Crippen molar-refractivity contribution in [2.45, 2.75) is 20.4 Å². The Bertz CT molecular complexity index is 465. The Labute approximate surface area is 129 Å². The number of carbonyl (C=O) groups is 1. The van der Waals surface area contributed by atoms with Crippen LogP contribution in [0.5, 0.6) is 0 Å². The van der Waals surface area contributed by atoms with Crippen LogP contribution in [0.15, 0.2) is 29.3 Å². The lowest BCUT2D eigenvalue weighted by Gasteiger charge is -2.09. The third-order valence-corrected chi connectivity index (χ3v) is 3.73. The van der Waals surface area contributed by atoms with Gasteiger partial charge in [0.2, 0.25) is 5.91 Å². The number of carbonyl (C=O) groups excluding carboxylic acids is 1. The Kier molecular flexibility index (Phi) is 8.14. The van der Waals surface area contributed by atoms with Crippen LogP contribution in [0.4, 0.5) is 0 Å². The van der Waals surface area contributed by atoms with Crippen LogP contribution in [-0.4, -0.2) is 29.9 Å². The number of hydrogen-bond donors (Lipinski definition) is 2. The van der Waals surface area contributed by atoms with Crippen molar-refractivity contribution in [3.05, 3.63) is 34.9 Å². The molecule has 1 amide bonds. The Morgan fingerprint density at radius 1 is 1.30 bits per heavy atom. The summed E-state index contributed by atoms with van der Waals surface area (Å²) < 4.78 is 0. The summed E-state index contributed by atoms with van der Waals surface area (Å²) in [6.45, 7) is 5.92. The maximum atomic E-state index is 11.8. The van der Waals surface area contributed by atoms with Crippen molar-refractivity contribution in [3.63, 3.8) is 0 Å². The number of amidine groups is 1. The summed E-state index contributed by atoms with van der Waals surface area (Å²) in [4.78, 5) is 16.1. The maximum absolute atomic E-state index is 11.8. The molecule has 0 saturated carbocycles. The van der Waals surface area contributed by atoms with Gasteiger partial charge in [-0.15, -0.1) is 0 Å². The van der Waals surface area contributed by atoms with Gasteiger partial charge in [0.25, 0.3) is 0 Å². The van der Waals surface area contributed by atoms with Crippen LogP contribution in [0.3, 0.4) is 0 Å². The molecular weight excluding hydrogens is 294 g/mol. The van der Waals surface area contributed by atoms with Crippen LogP contribution in [0.25, 0.3) is 0 Å². The molecule has 0 fully saturated rings. The summed E-state index contributed by atoms with van der Waals surface area (Å²) >= 11 is 7.44. The van der Waals surface area contributed by atoms with Crippen molar-refractivity contribution >= 4 is 34.4 Å². The highest BCUT2D eigenvalue weighted by atomic mass is 35.5. The van der Waals surface area contributed by atoms with E-state index in [0.29, 0.717) is 23.9 Å². The predicted octanol–water partition coefficient (Wildman–Crippen LogP) is 2.67. The van der Waals surface area contributed by atoms with Gasteiger partial charge in [0.15, 0.2) is 5.17 Å². The highest BCUT2D eigenvalue weighted by molar-refractivity contribution is 8.14. The molecule has 0 atom stereocenters. The van der Waals surface area contributed by atoms with Gasteiger partial charge >= 0.3 is 0 Å². The van der Waals surface area contributed by atoms with Crippen molar-refractivity contribution in [3.8, 4) is 0 Å². The molecule has 0 heterocycles. The van der Waals surface area contributed by atoms with Crippen LogP contribution in [0.1, 0.15) is 19.4 Å². The second-order valence-corrected chi connectivity index (χ2v) is 5.34. The highest BCUT2D eigenvalue weighted by Gasteiger charge is 2.06. The average molecular weight is 314 g/mol. The minimum absolute atomic E-state index is 0.0309. The Balaban J connectivity index is 2.37. The van der Waals surface area contributed by atoms with E-state index >= 15 is 0 Å². The number of halogens is 1. The Morgan fingerprint density at radius 3 is 2.70 bits per heavy atom. The Hall–Kier alpha value is -1.20. The molecule has 0 aliphatic heterocycles. The van der Waals surface area contributed by atoms with Gasteiger partial charge in [-0.25, -0.2) is 0 Å². The normalized spacial score (nSPS) is 11.2. The fourth-order valence-electron chi connectivity index (χ4n) is 1.47. The van der Waals surface area contributed by atoms with Gasteiger partial charge in [0.1, 0.15) is 0 Å². The maximum Gasteiger partial charge on any atom is 0.230 e. The first-order valence-electron chi connectivity index (χ1n) is 6.58. The molecule has 1 rings (SSSR count). The van der Waals surface area contributed by atoms with E-state index in [0.717, 1.165) is 17.3 Å². The van der Waals surface area contributed by atoms with E-state index in [-0.39, 0.29) is 5.91 Å². The predicted molar refractivity (Wildman–Crippen MR) is 87.4 cm³/mol. The monoisotopic (exact) mass is 313 g/mol. The van der Waals surface area contributed by atoms with Gasteiger partial charge in [-0.3, -0.25) is 9.79 Å². The molecule has 0 aromatic heterocycles. The number of nitrogens with one attached hydrogen (secondary N) is 2. The van der Waals surface area contributed by atoms with Gasteiger partial charge in [0.05, 0.1) is 5.75 Å². The second kappa shape index (κ2) is 9.66. The van der Waals surface area contributed by atoms with Gasteiger partial charge < -0.3 is 10.6 Å². The molecule has 0 bridgehead atoms. The lowest BCUT2D eigenvalue weighted by molar-refractivity contribution is -0.118. The van der Waals surface area contributed by atoms with E-state index in [1.165, 1.54) is 11.8 Å². The molecule has 6 heteroatoms. The van der Waals surface area contributed by atoms with Crippen LogP contribution in [0, 0.1) is 0 Å². The molecule has 0 radical (unpaired) electrons. The second-order valence-electron chi connectivity index (χ2n) is 3.97. The molecule has 110 valence electrons. The summed E-state index contributed by atoms with van der Waals surface area (Å²) in [6, 6.07) is 7.49. The fourth-order valence-corrected chi connectivity index (χ4v) is 2.51. The zero-order valence-corrected chi connectivity index (χ0v) is 13.4. The van der Waals surface area contributed by atoms with Gasteiger partial charge in [-0.05, 0) is 25.5 Å². The van der Waals surface area contributed by atoms with Gasteiger partial charge in [-0.2, -0.15) is 0 Å². The number of aliphatic imine (C=N–C) groups is 1. The van der Waals surface area contributed by atoms with Crippen molar-refractivity contribution in [2.24, 2.45) is 4.99 Å². The van der Waals surface area contributed by atoms with Crippen LogP contribution < -0.4 is 10.6 Å². The standard InChI is InChI=1S/C14H20ClN3OS/c1-3-16-14(17-4-2)20-10-13(19)18-9-11-7-5-6-8-12(11)15/h5-8H,3-4,9-10H2,1-2H3,(H,16,17)(H,18,19). The molecule has 0 saturated heterocycles. The van der Waals surface area contributed by atoms with E-state index < -0.39 is 0 Å². The average Bonchev–Trinajstić information content (AvgIpc) is 2.44. The number of benzene rings is 1. The van der Waals surface area contributed by atoms with Crippen molar-refractivity contribution in [2.75, 3.05) is 18.8 Å². The molecule has 0 spiro atoms. The minimum atomic E-state index is -0.0309. The van der Waals surface area contributed by atoms with Gasteiger partial charge in [-0.1, -0.05) is 41.6 Å². The molecule has 0 aliphatic carbocycles. The lowest BCUT2D eigenvalue weighted by Crippen LogP contribution is -2.27. The molecule has 1 aromatic rings. The summed E-state index contributed by atoms with van der Waals surface area (Å²) in [5.74, 6) is 0.313. The van der Waals surface area contributed by atoms with Crippen molar-refractivity contribution in [1.29, 1.82) is 0 Å². The van der Waals surface area contributed by atoms with E-state index in [9.17, 15) is 4.79 Å². The summed E-state index contributed by atoms with van der Waals surface area (Å²) in [7, 11) is 0. The van der Waals surface area contributed by atoms with E-state index in [2.05, 4.69) is 15.6 Å². The largest absolute Gasteiger partial charge is 0.365 e. The van der Waals surface area contributed by atoms with E-state index in [4.69, 9.17) is 11.6 Å². The summed E-state index contributed by atoms with van der Waals surface area (Å²) in [5, 5.41) is 7.46. The summed E-state index contributed by atoms with van der Waals surface area (Å²) in [5.41, 5.74) is 0.918. The SMILES string of the molecule is CCN=C(NCC)SCC(=O)NCc1ccccc1Cl. The topological polar surface area (TPSA) is 53.5 Å². The number of nitrogens with zero attached hydrogens (tertiary/aromatic N) is 1. The third kappa shape index (κ3) is 6.30. The number of amides is 1. The van der Waals surface area contributed by atoms with E-state index in [1.807, 2.05) is 38.1 Å². The zero-order chi connectivity index (χ0) is 14.8. The number of hydrogen-bond acceptors (Lipinski definition) is 3. The lowest BCUT2D eigenvalue weighted by atomic mass is 10.2. The van der Waals surface area contributed by atoms with Crippen LogP contribution in [-0.2, 0) is 11.3 Å². The highest BCUT2D eigenvalue weighted by Crippen LogP contribution is 2.14. The molecule has 4 nitrogen and oxygen atoms in total. The molecule has 20 heavy (non-hydrogen) atoms. The quantitative estimate of drug-likeness (QED) is 0.627. The van der Waals surface area contributed by atoms with E-state index in [1.54, 1.807) is 0 Å².